The van der Waals surface area contributed by atoms with E-state index in [1.54, 1.807) is 0 Å². The molecule has 96 valence electrons. The first-order chi connectivity index (χ1) is 7.55. The smallest absolute Gasteiger partial charge is 0.214 e. The summed E-state index contributed by atoms with van der Waals surface area (Å²) in [6.45, 7) is 2.62. The number of halogens is 1. The molecular weight excluding hydrogens is 250 g/mol. The van der Waals surface area contributed by atoms with Crippen LogP contribution in [0.4, 0.5) is 0 Å². The average molecular weight is 270 g/mol. The Morgan fingerprint density at radius 1 is 1.38 bits per heavy atom. The fourth-order valence-corrected chi connectivity index (χ4v) is 3.44. The molecule has 6 heteroatoms. The summed E-state index contributed by atoms with van der Waals surface area (Å²) in [5, 5.41) is -0.0735. The molecule has 0 aromatic carbocycles. The summed E-state index contributed by atoms with van der Waals surface area (Å²) in [6.07, 6.45) is 3.86. The van der Waals surface area contributed by atoms with Crippen molar-refractivity contribution in [2.24, 2.45) is 0 Å². The summed E-state index contributed by atoms with van der Waals surface area (Å²) in [4.78, 5) is 0. The van der Waals surface area contributed by atoms with Gasteiger partial charge in [-0.1, -0.05) is 12.8 Å². The molecule has 0 bridgehead atoms. The van der Waals surface area contributed by atoms with Crippen LogP contribution in [0.1, 0.15) is 32.6 Å². The summed E-state index contributed by atoms with van der Waals surface area (Å²) in [6, 6.07) is -0.109. The maximum absolute atomic E-state index is 11.7. The average Bonchev–Trinajstić information content (AvgIpc) is 2.21. The van der Waals surface area contributed by atoms with Crippen molar-refractivity contribution >= 4 is 21.6 Å². The van der Waals surface area contributed by atoms with Gasteiger partial charge in [0.25, 0.3) is 0 Å². The highest BCUT2D eigenvalue weighted by Gasteiger charge is 2.26. The lowest BCUT2D eigenvalue weighted by Gasteiger charge is -2.27. The highest BCUT2D eigenvalue weighted by molar-refractivity contribution is 7.89. The van der Waals surface area contributed by atoms with Crippen molar-refractivity contribution < 1.29 is 13.2 Å². The minimum absolute atomic E-state index is 0.0148. The predicted octanol–water partition coefficient (Wildman–Crippen LogP) is 1.49. The molecule has 1 rings (SSSR count). The highest BCUT2D eigenvalue weighted by atomic mass is 35.5. The molecule has 16 heavy (non-hydrogen) atoms. The maximum atomic E-state index is 11.7. The van der Waals surface area contributed by atoms with E-state index in [9.17, 15) is 8.42 Å². The molecule has 2 atom stereocenters. The number of sulfonamides is 1. The first kappa shape index (κ1) is 14.2. The molecule has 1 N–H and O–H groups in total. The maximum Gasteiger partial charge on any atom is 0.214 e. The third kappa shape index (κ3) is 4.99. The van der Waals surface area contributed by atoms with Gasteiger partial charge in [-0.15, -0.1) is 11.6 Å². The number of alkyl halides is 1. The zero-order valence-corrected chi connectivity index (χ0v) is 11.2. The fraction of sp³-hybridized carbons (Fsp3) is 1.00. The van der Waals surface area contributed by atoms with Crippen LogP contribution >= 0.6 is 11.6 Å². The van der Waals surface area contributed by atoms with Gasteiger partial charge in [-0.25, -0.2) is 13.1 Å². The lowest BCUT2D eigenvalue weighted by molar-refractivity contribution is 0.163. The van der Waals surface area contributed by atoms with Gasteiger partial charge in [0.05, 0.1) is 12.4 Å². The van der Waals surface area contributed by atoms with E-state index in [1.807, 2.05) is 6.92 Å². The fourth-order valence-electron chi connectivity index (χ4n) is 1.82. The SMILES string of the molecule is CCOCCS(=O)(=O)NC1CCCCC1Cl. The van der Waals surface area contributed by atoms with E-state index in [4.69, 9.17) is 16.3 Å². The van der Waals surface area contributed by atoms with Crippen LogP contribution in [-0.4, -0.2) is 38.8 Å². The van der Waals surface area contributed by atoms with Crippen molar-refractivity contribution in [2.45, 2.75) is 44.0 Å². The first-order valence-electron chi connectivity index (χ1n) is 5.77. The monoisotopic (exact) mass is 269 g/mol. The summed E-state index contributed by atoms with van der Waals surface area (Å²) >= 11 is 6.09. The van der Waals surface area contributed by atoms with Gasteiger partial charge in [0, 0.05) is 18.0 Å². The van der Waals surface area contributed by atoms with Crippen LogP contribution in [0, 0.1) is 0 Å². The molecule has 4 nitrogen and oxygen atoms in total. The molecule has 0 aromatic heterocycles. The van der Waals surface area contributed by atoms with E-state index in [-0.39, 0.29) is 23.8 Å². The second kappa shape index (κ2) is 6.79. The zero-order chi connectivity index (χ0) is 12.0. The third-order valence-corrected chi connectivity index (χ3v) is 4.60. The molecule has 0 spiro atoms. The van der Waals surface area contributed by atoms with Crippen LogP contribution in [0.5, 0.6) is 0 Å². The number of nitrogens with one attached hydrogen (secondary N) is 1. The van der Waals surface area contributed by atoms with E-state index in [1.165, 1.54) is 0 Å². The van der Waals surface area contributed by atoms with Crippen molar-refractivity contribution in [3.8, 4) is 0 Å². The molecule has 1 aliphatic rings. The van der Waals surface area contributed by atoms with E-state index in [2.05, 4.69) is 4.72 Å². The van der Waals surface area contributed by atoms with Gasteiger partial charge in [0.1, 0.15) is 0 Å². The third-order valence-electron chi connectivity index (χ3n) is 2.71. The Kier molecular flexibility index (Phi) is 6.03. The molecule has 2 unspecified atom stereocenters. The Morgan fingerprint density at radius 3 is 2.69 bits per heavy atom. The van der Waals surface area contributed by atoms with Crippen molar-refractivity contribution in [3.63, 3.8) is 0 Å². The second-order valence-electron chi connectivity index (χ2n) is 4.04. The Hall–Kier alpha value is 0.160. The number of hydrogen-bond acceptors (Lipinski definition) is 3. The van der Waals surface area contributed by atoms with Crippen LogP contribution in [-0.2, 0) is 14.8 Å². The number of hydrogen-bond donors (Lipinski definition) is 1. The topological polar surface area (TPSA) is 55.4 Å². The van der Waals surface area contributed by atoms with Crippen molar-refractivity contribution in [1.82, 2.24) is 4.72 Å². The second-order valence-corrected chi connectivity index (χ2v) is 6.47. The molecule has 1 aliphatic carbocycles. The Balaban J connectivity index is 2.38. The van der Waals surface area contributed by atoms with Crippen molar-refractivity contribution in [1.29, 1.82) is 0 Å². The standard InChI is InChI=1S/C10H20ClNO3S/c1-2-15-7-8-16(13,14)12-10-6-4-3-5-9(10)11/h9-10,12H,2-8H2,1H3. The van der Waals surface area contributed by atoms with Crippen LogP contribution < -0.4 is 4.72 Å². The summed E-state index contributed by atoms with van der Waals surface area (Å²) in [5.41, 5.74) is 0. The Bertz CT molecular complexity index is 294. The molecule has 1 fully saturated rings. The molecule has 0 aromatic rings. The van der Waals surface area contributed by atoms with E-state index in [0.29, 0.717) is 6.61 Å². The van der Waals surface area contributed by atoms with E-state index in [0.717, 1.165) is 25.7 Å². The Labute approximate surface area is 103 Å². The molecule has 0 saturated heterocycles. The molecule has 0 aliphatic heterocycles. The quantitative estimate of drug-likeness (QED) is 0.587. The van der Waals surface area contributed by atoms with Gasteiger partial charge in [-0.3, -0.25) is 0 Å². The Morgan fingerprint density at radius 2 is 2.06 bits per heavy atom. The minimum atomic E-state index is -3.25. The van der Waals surface area contributed by atoms with Crippen LogP contribution in [0.2, 0.25) is 0 Å². The van der Waals surface area contributed by atoms with Gasteiger partial charge in [0.2, 0.25) is 10.0 Å². The van der Waals surface area contributed by atoms with Gasteiger partial charge >= 0.3 is 0 Å². The number of rotatable bonds is 6. The van der Waals surface area contributed by atoms with Gasteiger partial charge < -0.3 is 4.74 Å². The van der Waals surface area contributed by atoms with Crippen LogP contribution in [0.15, 0.2) is 0 Å². The molecular formula is C10H20ClNO3S. The summed E-state index contributed by atoms with van der Waals surface area (Å²) in [7, 11) is -3.25. The molecule has 0 amide bonds. The number of ether oxygens (including phenoxy) is 1. The highest BCUT2D eigenvalue weighted by Crippen LogP contribution is 2.23. The van der Waals surface area contributed by atoms with E-state index < -0.39 is 10.0 Å². The lowest BCUT2D eigenvalue weighted by atomic mass is 9.96. The largest absolute Gasteiger partial charge is 0.381 e. The van der Waals surface area contributed by atoms with Crippen LogP contribution in [0.25, 0.3) is 0 Å². The van der Waals surface area contributed by atoms with Gasteiger partial charge in [0.15, 0.2) is 0 Å². The summed E-state index contributed by atoms with van der Waals surface area (Å²) < 4.78 is 31.0. The van der Waals surface area contributed by atoms with Gasteiger partial charge in [-0.05, 0) is 19.8 Å². The first-order valence-corrected chi connectivity index (χ1v) is 7.86. The molecule has 0 radical (unpaired) electrons. The minimum Gasteiger partial charge on any atom is -0.381 e. The van der Waals surface area contributed by atoms with Crippen molar-refractivity contribution in [2.75, 3.05) is 19.0 Å². The molecule has 0 heterocycles. The normalized spacial score (nSPS) is 26.9. The van der Waals surface area contributed by atoms with Gasteiger partial charge in [-0.2, -0.15) is 0 Å². The van der Waals surface area contributed by atoms with Crippen LogP contribution in [0.3, 0.4) is 0 Å². The zero-order valence-electron chi connectivity index (χ0n) is 9.62. The lowest BCUT2D eigenvalue weighted by Crippen LogP contribution is -2.44. The summed E-state index contributed by atoms with van der Waals surface area (Å²) in [5.74, 6) is 0.0148. The van der Waals surface area contributed by atoms with E-state index >= 15 is 0 Å². The molecule has 1 saturated carbocycles. The predicted molar refractivity (Wildman–Crippen MR) is 65.3 cm³/mol. The van der Waals surface area contributed by atoms with Crippen molar-refractivity contribution in [3.05, 3.63) is 0 Å².